The molecular weight excluding hydrogens is 298 g/mol. The van der Waals surface area contributed by atoms with Crippen molar-refractivity contribution in [2.45, 2.75) is 58.3 Å². The maximum Gasteiger partial charge on any atom is 0 e. The van der Waals surface area contributed by atoms with Crippen molar-refractivity contribution in [2.75, 3.05) is 6.16 Å². The fourth-order valence-corrected chi connectivity index (χ4v) is 7.01. The molecule has 0 fully saturated rings. The first-order valence-electron chi connectivity index (χ1n) is 6.49. The van der Waals surface area contributed by atoms with Crippen LogP contribution >= 0.6 is 7.92 Å². The van der Waals surface area contributed by atoms with Crippen molar-refractivity contribution in [3.8, 4) is 0 Å². The number of aryl methyl sites for hydroxylation is 1. The van der Waals surface area contributed by atoms with E-state index in [0.29, 0.717) is 10.3 Å². The Bertz CT molecular complexity index is 327. The molecule has 1 radical (unpaired) electrons. The number of rotatable bonds is 3. The average Bonchev–Trinajstić information content (AvgIpc) is 2.69. The summed E-state index contributed by atoms with van der Waals surface area (Å²) < 4.78 is 7.50. The van der Waals surface area contributed by atoms with Gasteiger partial charge < -0.3 is 0 Å². The summed E-state index contributed by atoms with van der Waals surface area (Å²) in [6, 6.07) is 8.81. The summed E-state index contributed by atoms with van der Waals surface area (Å²) in [6.07, 6.45) is 2.65. The minimum atomic E-state index is -0.351. The van der Waals surface area contributed by atoms with E-state index in [4.69, 9.17) is 4.65 Å². The molecule has 0 N–H and O–H groups in total. The normalized spacial score (nSPS) is 11.4. The van der Waals surface area contributed by atoms with Crippen LogP contribution in [-0.4, -0.2) is 16.5 Å². The molecule has 1 rings (SSSR count). The Labute approximate surface area is 130 Å². The fourth-order valence-electron chi connectivity index (χ4n) is 2.72. The van der Waals surface area contributed by atoms with Crippen LogP contribution in [0, 0.1) is 6.65 Å². The molecule has 0 aliphatic rings. The van der Waals surface area contributed by atoms with Gasteiger partial charge in [0, 0.05) is 24.7 Å². The predicted molar refractivity (Wildman–Crippen MR) is 82.4 cm³/mol. The first-order valence-corrected chi connectivity index (χ1v) is 8.20. The molecule has 0 spiro atoms. The Morgan fingerprint density at radius 3 is 1.63 bits per heavy atom. The maximum atomic E-state index is 7.50. The van der Waals surface area contributed by atoms with Gasteiger partial charge in [-0.1, -0.05) is 0 Å². The first kappa shape index (κ1) is 21.3. The molecular formula is C16H27CoOP. The van der Waals surface area contributed by atoms with Crippen molar-refractivity contribution in [1.29, 1.82) is 0 Å². The zero-order chi connectivity index (χ0) is 14.4. The molecule has 1 nitrogen and oxygen atoms in total. The van der Waals surface area contributed by atoms with E-state index in [0.717, 1.165) is 0 Å². The Balaban J connectivity index is 0. The van der Waals surface area contributed by atoms with E-state index in [2.05, 4.69) is 72.5 Å². The molecule has 1 aromatic carbocycles. The third-order valence-corrected chi connectivity index (χ3v) is 7.58. The molecule has 0 bridgehead atoms. The topological polar surface area (TPSA) is 19.9 Å². The van der Waals surface area contributed by atoms with Crippen LogP contribution in [0.3, 0.4) is 0 Å². The second-order valence-corrected chi connectivity index (χ2v) is 11.2. The molecule has 0 aliphatic heterocycles. The zero-order valence-corrected chi connectivity index (χ0v) is 15.0. The van der Waals surface area contributed by atoms with Gasteiger partial charge in [0.25, 0.3) is 0 Å². The molecule has 0 amide bonds. The molecule has 1 aromatic rings. The van der Waals surface area contributed by atoms with Crippen molar-refractivity contribution in [1.82, 2.24) is 0 Å². The molecule has 19 heavy (non-hydrogen) atoms. The van der Waals surface area contributed by atoms with Crippen LogP contribution in [0.1, 0.15) is 47.1 Å². The summed E-state index contributed by atoms with van der Waals surface area (Å²) in [5.74, 6) is 0. The third-order valence-electron chi connectivity index (χ3n) is 3.21. The van der Waals surface area contributed by atoms with Crippen molar-refractivity contribution in [3.63, 3.8) is 0 Å². The Kier molecular flexibility index (Phi) is 10.2. The van der Waals surface area contributed by atoms with E-state index in [1.807, 2.05) is 0 Å². The molecule has 0 saturated heterocycles. The average molecular weight is 325 g/mol. The van der Waals surface area contributed by atoms with Gasteiger partial charge in [0.1, 0.15) is 0 Å². The van der Waals surface area contributed by atoms with Gasteiger partial charge in [-0.3, -0.25) is 0 Å². The molecule has 111 valence electrons. The molecule has 0 aliphatic carbocycles. The number of hydrogen-bond donors (Lipinski definition) is 0. The summed E-state index contributed by atoms with van der Waals surface area (Å²) in [4.78, 5) is 0. The van der Waals surface area contributed by atoms with Gasteiger partial charge in [-0.2, -0.15) is 17.7 Å². The standard InChI is InChI=1S/C15H26P.CO.Co/c1-14(2,3)16(15(4,5)6)12-11-13-9-7-8-10-13;1-2;/h7-10H,11-12H2,1-6H3;;/q-1;;/p+1. The van der Waals surface area contributed by atoms with E-state index in [9.17, 15) is 0 Å². The van der Waals surface area contributed by atoms with Crippen molar-refractivity contribution >= 4 is 7.92 Å². The monoisotopic (exact) mass is 325 g/mol. The Hall–Kier alpha value is 0.0265. The predicted octanol–water partition coefficient (Wildman–Crippen LogP) is 4.72. The molecule has 3 heteroatoms. The van der Waals surface area contributed by atoms with E-state index >= 15 is 0 Å². The van der Waals surface area contributed by atoms with E-state index in [-0.39, 0.29) is 24.7 Å². The van der Waals surface area contributed by atoms with Crippen LogP contribution in [0.4, 0.5) is 0 Å². The van der Waals surface area contributed by atoms with Gasteiger partial charge in [-0.25, -0.2) is 12.1 Å². The van der Waals surface area contributed by atoms with Gasteiger partial charge in [0.05, 0.1) is 16.5 Å². The van der Waals surface area contributed by atoms with Gasteiger partial charge in [0.2, 0.25) is 0 Å². The molecule has 0 aromatic heterocycles. The molecule has 0 atom stereocenters. The van der Waals surface area contributed by atoms with Crippen LogP contribution in [0.2, 0.25) is 0 Å². The van der Waals surface area contributed by atoms with Gasteiger partial charge in [-0.05, 0) is 48.0 Å². The van der Waals surface area contributed by atoms with Crippen LogP contribution < -0.4 is 0 Å². The smallest absolute Gasteiger partial charge is 0 e. The van der Waals surface area contributed by atoms with Gasteiger partial charge >= 0.3 is 11.3 Å². The third kappa shape index (κ3) is 8.02. The van der Waals surface area contributed by atoms with Gasteiger partial charge in [-0.15, -0.1) is 0 Å². The van der Waals surface area contributed by atoms with Crippen LogP contribution in [0.25, 0.3) is 0 Å². The van der Waals surface area contributed by atoms with Gasteiger partial charge in [0.15, 0.2) is 0 Å². The van der Waals surface area contributed by atoms with Crippen molar-refractivity contribution < 1.29 is 21.4 Å². The summed E-state index contributed by atoms with van der Waals surface area (Å²) in [5.41, 5.74) is 1.51. The largest absolute Gasteiger partial charge is 0 e. The van der Waals surface area contributed by atoms with E-state index in [1.54, 1.807) is 0 Å². The van der Waals surface area contributed by atoms with Crippen LogP contribution in [0.5, 0.6) is 0 Å². The van der Waals surface area contributed by atoms with Crippen molar-refractivity contribution in [3.05, 3.63) is 36.5 Å². The minimum Gasteiger partial charge on any atom is 0 e. The zero-order valence-electron chi connectivity index (χ0n) is 13.0. The summed E-state index contributed by atoms with van der Waals surface area (Å²) in [6.45, 7) is 19.0. The number of hydrogen-bond acceptors (Lipinski definition) is 0. The van der Waals surface area contributed by atoms with Crippen molar-refractivity contribution in [2.24, 2.45) is 0 Å². The minimum absolute atomic E-state index is 0. The summed E-state index contributed by atoms with van der Waals surface area (Å²) in [5, 5.41) is 0.991. The molecule has 0 unspecified atom stereocenters. The van der Waals surface area contributed by atoms with Crippen LogP contribution in [-0.2, 0) is 27.9 Å². The maximum absolute atomic E-state index is 7.50. The molecule has 0 saturated carbocycles. The summed E-state index contributed by atoms with van der Waals surface area (Å²) >= 11 is 0. The Morgan fingerprint density at radius 1 is 0.947 bits per heavy atom. The van der Waals surface area contributed by atoms with E-state index in [1.165, 1.54) is 18.1 Å². The van der Waals surface area contributed by atoms with E-state index < -0.39 is 0 Å². The second-order valence-electron chi connectivity index (χ2n) is 6.77. The second kappa shape index (κ2) is 9.05. The quantitative estimate of drug-likeness (QED) is 0.435. The fraction of sp³-hybridized carbons (Fsp3) is 0.625. The summed E-state index contributed by atoms with van der Waals surface area (Å²) in [7, 11) is -0.351. The molecule has 0 heterocycles. The Morgan fingerprint density at radius 2 is 1.32 bits per heavy atom. The first-order chi connectivity index (χ1) is 8.21. The van der Waals surface area contributed by atoms with Crippen LogP contribution in [0.15, 0.2) is 24.3 Å². The SMILES string of the molecule is CC(C)(C)[PH+](CC[c-]1cccc1)C(C)(C)C.[C-]#[O+].[Co].